The highest BCUT2D eigenvalue weighted by Gasteiger charge is 2.44. The number of nitrogens with two attached hydrogens (primary N) is 1. The van der Waals surface area contributed by atoms with Gasteiger partial charge in [-0.15, -0.1) is 0 Å². The molecule has 3 unspecified atom stereocenters. The van der Waals surface area contributed by atoms with Gasteiger partial charge in [-0.25, -0.2) is 0 Å². The van der Waals surface area contributed by atoms with Gasteiger partial charge >= 0.3 is 6.18 Å². The summed E-state index contributed by atoms with van der Waals surface area (Å²) in [6.45, 7) is 0. The third-order valence-electron chi connectivity index (χ3n) is 4.63. The lowest BCUT2D eigenvalue weighted by Gasteiger charge is -2.48. The number of rotatable bonds is 2. The van der Waals surface area contributed by atoms with Gasteiger partial charge in [0.15, 0.2) is 0 Å². The molecule has 0 bridgehead atoms. The maximum atomic E-state index is 12.7. The van der Waals surface area contributed by atoms with Gasteiger partial charge < -0.3 is 5.73 Å². The van der Waals surface area contributed by atoms with Crippen molar-refractivity contribution in [2.75, 3.05) is 0 Å². The molecule has 1 nitrogen and oxygen atoms in total. The first-order valence-corrected chi connectivity index (χ1v) is 6.76. The third kappa shape index (κ3) is 2.27. The highest BCUT2D eigenvalue weighted by Crippen LogP contribution is 2.51. The van der Waals surface area contributed by atoms with E-state index in [0.29, 0.717) is 11.8 Å². The fraction of sp³-hybridized carbons (Fsp3) is 0.533. The predicted molar refractivity (Wildman–Crippen MR) is 67.2 cm³/mol. The van der Waals surface area contributed by atoms with Gasteiger partial charge in [0, 0.05) is 12.0 Å². The minimum atomic E-state index is -4.26. The fourth-order valence-corrected chi connectivity index (χ4v) is 3.23. The van der Waals surface area contributed by atoms with E-state index in [4.69, 9.17) is 5.73 Å². The molecule has 3 atom stereocenters. The molecule has 1 aromatic carbocycles. The molecule has 2 saturated carbocycles. The molecule has 3 rings (SSSR count). The van der Waals surface area contributed by atoms with Gasteiger partial charge in [0.2, 0.25) is 0 Å². The zero-order chi connectivity index (χ0) is 13.6. The Kier molecular flexibility index (Phi) is 3.08. The molecule has 0 aliphatic heterocycles. The van der Waals surface area contributed by atoms with Crippen LogP contribution < -0.4 is 5.73 Å². The monoisotopic (exact) mass is 268 g/mol. The van der Waals surface area contributed by atoms with Gasteiger partial charge in [0.1, 0.15) is 0 Å². The van der Waals surface area contributed by atoms with Crippen molar-refractivity contribution >= 4 is 0 Å². The molecule has 0 aromatic heterocycles. The highest BCUT2D eigenvalue weighted by molar-refractivity contribution is 5.39. The predicted octanol–water partition coefficient (Wildman–Crippen LogP) is 3.78. The molecule has 19 heavy (non-hydrogen) atoms. The summed E-state index contributed by atoms with van der Waals surface area (Å²) in [6, 6.07) is 5.95. The zero-order valence-corrected chi connectivity index (χ0v) is 10.6. The van der Waals surface area contributed by atoms with E-state index < -0.39 is 11.7 Å². The smallest absolute Gasteiger partial charge is 0.327 e. The van der Waals surface area contributed by atoms with E-state index in [1.165, 1.54) is 18.1 Å². The van der Waals surface area contributed by atoms with Crippen molar-refractivity contribution in [3.63, 3.8) is 0 Å². The van der Waals surface area contributed by atoms with Crippen LogP contribution in [-0.4, -0.2) is 6.04 Å². The standard InChI is InChI=1S/C15H17F3N/c16-15(17,18)10-3-1-2-9(8-10)11-4-5-12(11)13-6-7-14(13)19/h1-3,8,12-14H,4-7,19H2. The second kappa shape index (κ2) is 4.51. The molecule has 1 aromatic rings. The van der Waals surface area contributed by atoms with Crippen molar-refractivity contribution in [3.8, 4) is 0 Å². The van der Waals surface area contributed by atoms with Crippen molar-refractivity contribution in [1.29, 1.82) is 0 Å². The van der Waals surface area contributed by atoms with Crippen LogP contribution in [0.1, 0.15) is 36.8 Å². The first kappa shape index (κ1) is 13.0. The summed E-state index contributed by atoms with van der Waals surface area (Å²) in [5.41, 5.74) is 6.18. The van der Waals surface area contributed by atoms with Crippen molar-refractivity contribution in [1.82, 2.24) is 0 Å². The molecule has 0 amide bonds. The normalized spacial score (nSPS) is 31.7. The largest absolute Gasteiger partial charge is 0.416 e. The fourth-order valence-electron chi connectivity index (χ4n) is 3.23. The Bertz CT molecular complexity index is 469. The summed E-state index contributed by atoms with van der Waals surface area (Å²) < 4.78 is 38.2. The molecule has 2 aliphatic carbocycles. The minimum absolute atomic E-state index is 0.242. The lowest BCUT2D eigenvalue weighted by Crippen LogP contribution is -2.48. The van der Waals surface area contributed by atoms with Gasteiger partial charge in [-0.05, 0) is 49.1 Å². The van der Waals surface area contributed by atoms with Crippen LogP contribution in [0.3, 0.4) is 0 Å². The summed E-state index contributed by atoms with van der Waals surface area (Å²) in [7, 11) is 0. The Morgan fingerprint density at radius 1 is 1.11 bits per heavy atom. The first-order chi connectivity index (χ1) is 8.97. The minimum Gasteiger partial charge on any atom is -0.327 e. The van der Waals surface area contributed by atoms with Gasteiger partial charge in [-0.1, -0.05) is 18.2 Å². The van der Waals surface area contributed by atoms with Crippen LogP contribution in [0.5, 0.6) is 0 Å². The number of benzene rings is 1. The van der Waals surface area contributed by atoms with Crippen molar-refractivity contribution in [2.24, 2.45) is 17.6 Å². The Balaban J connectivity index is 1.79. The third-order valence-corrected chi connectivity index (χ3v) is 4.63. The Morgan fingerprint density at radius 2 is 1.89 bits per heavy atom. The average Bonchev–Trinajstić information content (AvgIpc) is 2.32. The topological polar surface area (TPSA) is 26.0 Å². The maximum Gasteiger partial charge on any atom is 0.416 e. The summed E-state index contributed by atoms with van der Waals surface area (Å²) in [4.78, 5) is 0. The van der Waals surface area contributed by atoms with Crippen LogP contribution in [0.2, 0.25) is 0 Å². The highest BCUT2D eigenvalue weighted by atomic mass is 19.4. The van der Waals surface area contributed by atoms with E-state index in [1.807, 2.05) is 0 Å². The van der Waals surface area contributed by atoms with Crippen LogP contribution in [-0.2, 0) is 6.18 Å². The summed E-state index contributed by atoms with van der Waals surface area (Å²) in [5, 5.41) is 0. The number of halogens is 3. The second-order valence-electron chi connectivity index (χ2n) is 5.65. The zero-order valence-electron chi connectivity index (χ0n) is 10.6. The molecule has 0 saturated heterocycles. The van der Waals surface area contributed by atoms with Crippen molar-refractivity contribution < 1.29 is 13.2 Å². The lowest BCUT2D eigenvalue weighted by atomic mass is 9.57. The van der Waals surface area contributed by atoms with Crippen LogP contribution >= 0.6 is 0 Å². The summed E-state index contributed by atoms with van der Waals surface area (Å²) in [5.74, 6) is 2.07. The Morgan fingerprint density at radius 3 is 2.37 bits per heavy atom. The van der Waals surface area contributed by atoms with Crippen LogP contribution in [0.4, 0.5) is 13.2 Å². The van der Waals surface area contributed by atoms with Crippen molar-refractivity contribution in [3.05, 3.63) is 41.3 Å². The van der Waals surface area contributed by atoms with Gasteiger partial charge in [0.25, 0.3) is 0 Å². The van der Waals surface area contributed by atoms with E-state index in [-0.39, 0.29) is 6.04 Å². The molecule has 1 radical (unpaired) electrons. The summed E-state index contributed by atoms with van der Waals surface area (Å²) >= 11 is 0. The van der Waals surface area contributed by atoms with Gasteiger partial charge in [-0.3, -0.25) is 0 Å². The van der Waals surface area contributed by atoms with Gasteiger partial charge in [-0.2, -0.15) is 13.2 Å². The number of hydrogen-bond donors (Lipinski definition) is 1. The van der Waals surface area contributed by atoms with E-state index in [1.54, 1.807) is 6.07 Å². The Hall–Kier alpha value is -1.03. The SMILES string of the molecule is NC1CCC1C1CC[C]1c1cccc(C(F)(F)F)c1. The second-order valence-corrected chi connectivity index (χ2v) is 5.65. The molecule has 103 valence electrons. The molecule has 2 fully saturated rings. The summed E-state index contributed by atoms with van der Waals surface area (Å²) in [6.07, 6.45) is -0.104. The van der Waals surface area contributed by atoms with Crippen LogP contribution in [0, 0.1) is 17.8 Å². The van der Waals surface area contributed by atoms with E-state index >= 15 is 0 Å². The molecule has 0 spiro atoms. The average molecular weight is 268 g/mol. The van der Waals surface area contributed by atoms with Crippen LogP contribution in [0.15, 0.2) is 24.3 Å². The van der Waals surface area contributed by atoms with E-state index in [9.17, 15) is 13.2 Å². The molecule has 2 aliphatic rings. The molecule has 4 heteroatoms. The molecule has 0 heterocycles. The number of alkyl halides is 3. The molecule has 2 N–H and O–H groups in total. The molecular weight excluding hydrogens is 251 g/mol. The quantitative estimate of drug-likeness (QED) is 0.868. The maximum absolute atomic E-state index is 12.7. The molecular formula is C15H17F3N. The van der Waals surface area contributed by atoms with Gasteiger partial charge in [0.05, 0.1) is 5.56 Å². The van der Waals surface area contributed by atoms with E-state index in [0.717, 1.165) is 37.3 Å². The Labute approximate surface area is 111 Å². The number of hydrogen-bond acceptors (Lipinski definition) is 1. The first-order valence-electron chi connectivity index (χ1n) is 6.76. The van der Waals surface area contributed by atoms with Crippen molar-refractivity contribution in [2.45, 2.75) is 37.9 Å². The van der Waals surface area contributed by atoms with Crippen LogP contribution in [0.25, 0.3) is 0 Å². The lowest BCUT2D eigenvalue weighted by molar-refractivity contribution is -0.137. The van der Waals surface area contributed by atoms with E-state index in [2.05, 4.69) is 0 Å².